The van der Waals surface area contributed by atoms with Gasteiger partial charge in [0.05, 0.1) is 10.7 Å². The summed E-state index contributed by atoms with van der Waals surface area (Å²) in [7, 11) is 0. The van der Waals surface area contributed by atoms with Crippen molar-refractivity contribution in [1.82, 2.24) is 10.3 Å². The average Bonchev–Trinajstić information content (AvgIpc) is 2.66. The zero-order chi connectivity index (χ0) is 13.1. The molecule has 0 fully saturated rings. The number of thiazole rings is 1. The molecule has 0 bridgehead atoms. The molecule has 0 saturated heterocycles. The van der Waals surface area contributed by atoms with Gasteiger partial charge in [-0.05, 0) is 33.3 Å². The van der Waals surface area contributed by atoms with Crippen LogP contribution < -0.4 is 5.32 Å². The van der Waals surface area contributed by atoms with E-state index in [9.17, 15) is 0 Å². The fourth-order valence-corrected chi connectivity index (χ4v) is 3.09. The first-order chi connectivity index (χ1) is 8.56. The Kier molecular flexibility index (Phi) is 4.15. The molecule has 2 rings (SSSR count). The van der Waals surface area contributed by atoms with Crippen LogP contribution in [0.4, 0.5) is 0 Å². The SMILES string of the molecule is Cc1cccc(CNC(C)c2sc(C)nc2C)c1. The summed E-state index contributed by atoms with van der Waals surface area (Å²) in [5.41, 5.74) is 3.80. The van der Waals surface area contributed by atoms with Crippen LogP contribution in [0, 0.1) is 20.8 Å². The highest BCUT2D eigenvalue weighted by atomic mass is 32.1. The maximum Gasteiger partial charge on any atom is 0.0900 e. The molecular formula is C15H20N2S. The van der Waals surface area contributed by atoms with Gasteiger partial charge in [0.1, 0.15) is 0 Å². The topological polar surface area (TPSA) is 24.9 Å². The monoisotopic (exact) mass is 260 g/mol. The van der Waals surface area contributed by atoms with E-state index in [4.69, 9.17) is 0 Å². The first-order valence-electron chi connectivity index (χ1n) is 6.29. The molecule has 0 aliphatic rings. The number of nitrogens with zero attached hydrogens (tertiary/aromatic N) is 1. The highest BCUT2D eigenvalue weighted by Crippen LogP contribution is 2.24. The summed E-state index contributed by atoms with van der Waals surface area (Å²) < 4.78 is 0. The van der Waals surface area contributed by atoms with E-state index >= 15 is 0 Å². The molecule has 1 heterocycles. The zero-order valence-corrected chi connectivity index (χ0v) is 12.3. The summed E-state index contributed by atoms with van der Waals surface area (Å²) in [4.78, 5) is 5.83. The van der Waals surface area contributed by atoms with Gasteiger partial charge in [0.25, 0.3) is 0 Å². The molecule has 0 aliphatic heterocycles. The predicted octanol–water partition coefficient (Wildman–Crippen LogP) is 3.92. The van der Waals surface area contributed by atoms with Crippen LogP contribution >= 0.6 is 11.3 Å². The summed E-state index contributed by atoms with van der Waals surface area (Å²) in [5, 5.41) is 4.71. The minimum Gasteiger partial charge on any atom is -0.305 e. The Labute approximate surface area is 113 Å². The van der Waals surface area contributed by atoms with Gasteiger partial charge in [-0.15, -0.1) is 11.3 Å². The lowest BCUT2D eigenvalue weighted by atomic mass is 10.1. The Morgan fingerprint density at radius 1 is 1.28 bits per heavy atom. The van der Waals surface area contributed by atoms with E-state index in [1.807, 2.05) is 0 Å². The maximum absolute atomic E-state index is 4.48. The molecule has 0 aliphatic carbocycles. The van der Waals surface area contributed by atoms with Crippen molar-refractivity contribution in [1.29, 1.82) is 0 Å². The molecule has 1 unspecified atom stereocenters. The van der Waals surface area contributed by atoms with E-state index in [1.54, 1.807) is 11.3 Å². The van der Waals surface area contributed by atoms with Crippen LogP contribution in [0.5, 0.6) is 0 Å². The van der Waals surface area contributed by atoms with Crippen LogP contribution in [-0.2, 0) is 6.54 Å². The molecule has 1 aromatic carbocycles. The lowest BCUT2D eigenvalue weighted by Gasteiger charge is -2.13. The van der Waals surface area contributed by atoms with E-state index in [-0.39, 0.29) is 0 Å². The fraction of sp³-hybridized carbons (Fsp3) is 0.400. The number of rotatable bonds is 4. The second-order valence-electron chi connectivity index (χ2n) is 4.77. The summed E-state index contributed by atoms with van der Waals surface area (Å²) >= 11 is 1.79. The second-order valence-corrected chi connectivity index (χ2v) is 6.01. The molecule has 1 atom stereocenters. The van der Waals surface area contributed by atoms with E-state index < -0.39 is 0 Å². The standard InChI is InChI=1S/C15H20N2S/c1-10-6-5-7-14(8-10)9-16-11(2)15-12(3)17-13(4)18-15/h5-8,11,16H,9H2,1-4H3. The molecule has 0 saturated carbocycles. The van der Waals surface area contributed by atoms with Gasteiger partial charge in [0, 0.05) is 17.5 Å². The first kappa shape index (κ1) is 13.2. The molecule has 2 nitrogen and oxygen atoms in total. The molecule has 18 heavy (non-hydrogen) atoms. The molecular weight excluding hydrogens is 240 g/mol. The third-order valence-electron chi connectivity index (χ3n) is 3.03. The maximum atomic E-state index is 4.48. The fourth-order valence-electron chi connectivity index (χ4n) is 2.13. The lowest BCUT2D eigenvalue weighted by molar-refractivity contribution is 0.579. The van der Waals surface area contributed by atoms with E-state index in [0.29, 0.717) is 6.04 Å². The van der Waals surface area contributed by atoms with Crippen LogP contribution in [0.25, 0.3) is 0 Å². The van der Waals surface area contributed by atoms with Crippen molar-refractivity contribution in [2.75, 3.05) is 0 Å². The van der Waals surface area contributed by atoms with Crippen molar-refractivity contribution in [3.05, 3.63) is 51.0 Å². The Morgan fingerprint density at radius 2 is 2.06 bits per heavy atom. The Hall–Kier alpha value is -1.19. The highest BCUT2D eigenvalue weighted by Gasteiger charge is 2.12. The largest absolute Gasteiger partial charge is 0.305 e. The Bertz CT molecular complexity index is 531. The quantitative estimate of drug-likeness (QED) is 0.901. The van der Waals surface area contributed by atoms with E-state index in [1.165, 1.54) is 16.0 Å². The number of benzene rings is 1. The summed E-state index contributed by atoms with van der Waals surface area (Å²) in [5.74, 6) is 0. The van der Waals surface area contributed by atoms with Gasteiger partial charge >= 0.3 is 0 Å². The summed E-state index contributed by atoms with van der Waals surface area (Å²) in [6.45, 7) is 9.39. The van der Waals surface area contributed by atoms with Gasteiger partial charge in [0.15, 0.2) is 0 Å². The molecule has 1 N–H and O–H groups in total. The van der Waals surface area contributed by atoms with Crippen LogP contribution in [0.2, 0.25) is 0 Å². The van der Waals surface area contributed by atoms with Crippen LogP contribution in [0.3, 0.4) is 0 Å². The van der Waals surface area contributed by atoms with Crippen molar-refractivity contribution >= 4 is 11.3 Å². The molecule has 1 aromatic heterocycles. The van der Waals surface area contributed by atoms with Gasteiger partial charge in [-0.25, -0.2) is 4.98 Å². The van der Waals surface area contributed by atoms with Gasteiger partial charge in [-0.1, -0.05) is 29.8 Å². The predicted molar refractivity (Wildman–Crippen MR) is 78.0 cm³/mol. The first-order valence-corrected chi connectivity index (χ1v) is 7.11. The summed E-state index contributed by atoms with van der Waals surface area (Å²) in [6, 6.07) is 8.99. The Balaban J connectivity index is 2.00. The molecule has 0 radical (unpaired) electrons. The van der Waals surface area contributed by atoms with Crippen molar-refractivity contribution in [2.24, 2.45) is 0 Å². The number of nitrogens with one attached hydrogen (secondary N) is 1. The lowest BCUT2D eigenvalue weighted by Crippen LogP contribution is -2.17. The van der Waals surface area contributed by atoms with Gasteiger partial charge < -0.3 is 5.32 Å². The van der Waals surface area contributed by atoms with Crippen molar-refractivity contribution < 1.29 is 0 Å². The molecule has 96 valence electrons. The van der Waals surface area contributed by atoms with Crippen molar-refractivity contribution in [2.45, 2.75) is 40.3 Å². The van der Waals surface area contributed by atoms with Crippen molar-refractivity contribution in [3.8, 4) is 0 Å². The average molecular weight is 260 g/mol. The van der Waals surface area contributed by atoms with E-state index in [0.717, 1.165) is 17.2 Å². The molecule has 3 heteroatoms. The highest BCUT2D eigenvalue weighted by molar-refractivity contribution is 7.11. The van der Waals surface area contributed by atoms with Crippen LogP contribution in [0.1, 0.15) is 39.7 Å². The zero-order valence-electron chi connectivity index (χ0n) is 11.4. The smallest absolute Gasteiger partial charge is 0.0900 e. The van der Waals surface area contributed by atoms with Crippen LogP contribution in [0.15, 0.2) is 24.3 Å². The minimum absolute atomic E-state index is 0.358. The van der Waals surface area contributed by atoms with Crippen LogP contribution in [-0.4, -0.2) is 4.98 Å². The number of aromatic nitrogens is 1. The summed E-state index contributed by atoms with van der Waals surface area (Å²) in [6.07, 6.45) is 0. The van der Waals surface area contributed by atoms with Crippen molar-refractivity contribution in [3.63, 3.8) is 0 Å². The minimum atomic E-state index is 0.358. The normalized spacial score (nSPS) is 12.7. The number of aryl methyl sites for hydroxylation is 3. The Morgan fingerprint density at radius 3 is 2.67 bits per heavy atom. The number of hydrogen-bond donors (Lipinski definition) is 1. The number of hydrogen-bond acceptors (Lipinski definition) is 3. The van der Waals surface area contributed by atoms with Gasteiger partial charge in [-0.3, -0.25) is 0 Å². The van der Waals surface area contributed by atoms with E-state index in [2.05, 4.69) is 62.3 Å². The molecule has 0 spiro atoms. The second kappa shape index (κ2) is 5.63. The third kappa shape index (κ3) is 3.18. The van der Waals surface area contributed by atoms with Gasteiger partial charge in [0.2, 0.25) is 0 Å². The van der Waals surface area contributed by atoms with Gasteiger partial charge in [-0.2, -0.15) is 0 Å². The molecule has 0 amide bonds. The molecule has 2 aromatic rings. The third-order valence-corrected chi connectivity index (χ3v) is 4.28.